The van der Waals surface area contributed by atoms with Gasteiger partial charge in [0.05, 0.1) is 25.5 Å². The molecule has 0 aliphatic rings. The number of hydrogen-bond acceptors (Lipinski definition) is 3. The van der Waals surface area contributed by atoms with Gasteiger partial charge >= 0.3 is 6.18 Å². The van der Waals surface area contributed by atoms with Crippen LogP contribution >= 0.6 is 11.6 Å². The molecule has 0 aliphatic heterocycles. The van der Waals surface area contributed by atoms with Gasteiger partial charge in [-0.2, -0.15) is 13.2 Å². The fourth-order valence-corrected chi connectivity index (χ4v) is 5.30. The van der Waals surface area contributed by atoms with Crippen LogP contribution in [0.25, 0.3) is 10.9 Å². The molecule has 1 aromatic heterocycles. The standard InChI is InChI=1S/C28H25ClF4N2O3S/c1-2-39(37,38)24-8-3-18(4-9-24)17-34-27(36)20-6-10-26-21(13-20)15-23(35(26)12-11-30)14-19-5-7-22(29)16-25(19)28(31,32)33/h3-10,13,15-16H,2,11-12,14,17H2,1H3,(H,34,36)/i17D2. The molecule has 0 spiro atoms. The third kappa shape index (κ3) is 6.45. The Kier molecular flexibility index (Phi) is 7.56. The number of aromatic nitrogens is 1. The number of hydrogen-bond donors (Lipinski definition) is 1. The third-order valence-electron chi connectivity index (χ3n) is 6.22. The zero-order valence-electron chi connectivity index (χ0n) is 22.6. The molecule has 11 heteroatoms. The summed E-state index contributed by atoms with van der Waals surface area (Å²) in [5.74, 6) is -0.893. The highest BCUT2D eigenvalue weighted by Gasteiger charge is 2.33. The van der Waals surface area contributed by atoms with Gasteiger partial charge in [-0.25, -0.2) is 12.8 Å². The molecular formula is C28H25ClF4N2O3S. The number of benzene rings is 3. The highest BCUT2D eigenvalue weighted by molar-refractivity contribution is 7.91. The van der Waals surface area contributed by atoms with Crippen LogP contribution in [0.3, 0.4) is 0 Å². The fraction of sp³-hybridized carbons (Fsp3) is 0.250. The molecule has 0 fully saturated rings. The van der Waals surface area contributed by atoms with E-state index < -0.39 is 40.7 Å². The van der Waals surface area contributed by atoms with Crippen molar-refractivity contribution in [2.75, 3.05) is 12.4 Å². The van der Waals surface area contributed by atoms with E-state index in [0.29, 0.717) is 16.6 Å². The van der Waals surface area contributed by atoms with Crippen molar-refractivity contribution >= 4 is 38.2 Å². The van der Waals surface area contributed by atoms with Crippen LogP contribution < -0.4 is 5.32 Å². The maximum absolute atomic E-state index is 13.6. The smallest absolute Gasteiger partial charge is 0.348 e. The van der Waals surface area contributed by atoms with Crippen LogP contribution in [0.5, 0.6) is 0 Å². The van der Waals surface area contributed by atoms with E-state index in [1.54, 1.807) is 6.07 Å². The first-order valence-electron chi connectivity index (χ1n) is 12.9. The number of rotatable bonds is 9. The Bertz CT molecular complexity index is 1710. The molecule has 0 saturated heterocycles. The lowest BCUT2D eigenvalue weighted by molar-refractivity contribution is -0.138. The van der Waals surface area contributed by atoms with Gasteiger partial charge in [0, 0.05) is 40.1 Å². The Balaban J connectivity index is 1.64. The zero-order valence-corrected chi connectivity index (χ0v) is 22.2. The highest BCUT2D eigenvalue weighted by atomic mass is 35.5. The van der Waals surface area contributed by atoms with Crippen molar-refractivity contribution < 1.29 is 33.5 Å². The maximum atomic E-state index is 13.6. The number of halogens is 5. The second-order valence-electron chi connectivity index (χ2n) is 8.73. The Labute approximate surface area is 231 Å². The van der Waals surface area contributed by atoms with Crippen molar-refractivity contribution in [3.05, 3.63) is 99.7 Å². The van der Waals surface area contributed by atoms with E-state index in [1.165, 1.54) is 66.1 Å². The topological polar surface area (TPSA) is 68.2 Å². The molecular weight excluding hydrogens is 556 g/mol. The molecule has 1 N–H and O–H groups in total. The van der Waals surface area contributed by atoms with Crippen LogP contribution in [0.4, 0.5) is 17.6 Å². The summed E-state index contributed by atoms with van der Waals surface area (Å²) in [6.45, 7) is -1.75. The lowest BCUT2D eigenvalue weighted by Gasteiger charge is -2.15. The Morgan fingerprint density at radius 1 is 1.05 bits per heavy atom. The van der Waals surface area contributed by atoms with Gasteiger partial charge in [-0.1, -0.05) is 36.7 Å². The first kappa shape index (κ1) is 25.9. The number of nitrogens with one attached hydrogen (secondary N) is 1. The molecule has 0 aliphatic carbocycles. The number of fused-ring (bicyclic) bond motifs is 1. The summed E-state index contributed by atoms with van der Waals surface area (Å²) in [4.78, 5) is 13.0. The van der Waals surface area contributed by atoms with Gasteiger partial charge in [-0.05, 0) is 59.7 Å². The summed E-state index contributed by atoms with van der Waals surface area (Å²) in [6, 6.07) is 14.5. The molecule has 1 amide bonds. The molecule has 4 rings (SSSR count). The maximum Gasteiger partial charge on any atom is 0.416 e. The van der Waals surface area contributed by atoms with Crippen LogP contribution in [0, 0.1) is 0 Å². The van der Waals surface area contributed by atoms with Crippen molar-refractivity contribution in [2.45, 2.75) is 37.5 Å². The predicted molar refractivity (Wildman–Crippen MR) is 143 cm³/mol. The Hall–Kier alpha value is -3.37. The molecule has 0 radical (unpaired) electrons. The van der Waals surface area contributed by atoms with Crippen molar-refractivity contribution in [1.82, 2.24) is 9.88 Å². The molecule has 5 nitrogen and oxygen atoms in total. The number of aryl methyl sites for hydroxylation is 1. The normalized spacial score (nSPS) is 13.3. The van der Waals surface area contributed by atoms with Crippen LogP contribution in [0.15, 0.2) is 71.6 Å². The molecule has 3 aromatic carbocycles. The summed E-state index contributed by atoms with van der Waals surface area (Å²) in [7, 11) is -3.48. The number of amides is 1. The zero-order chi connectivity index (χ0) is 30.2. The van der Waals surface area contributed by atoms with Crippen LogP contribution in [0.1, 0.15) is 42.4 Å². The number of nitrogens with zero attached hydrogens (tertiary/aromatic N) is 1. The average Bonchev–Trinajstić information content (AvgIpc) is 3.25. The van der Waals surface area contributed by atoms with Gasteiger partial charge in [0.2, 0.25) is 0 Å². The van der Waals surface area contributed by atoms with E-state index in [0.717, 1.165) is 6.07 Å². The van der Waals surface area contributed by atoms with Gasteiger partial charge in [-0.15, -0.1) is 0 Å². The average molecular weight is 583 g/mol. The molecule has 206 valence electrons. The van der Waals surface area contributed by atoms with Crippen LogP contribution in [-0.4, -0.2) is 31.3 Å². The van der Waals surface area contributed by atoms with Crippen molar-refractivity contribution in [2.24, 2.45) is 0 Å². The monoisotopic (exact) mass is 582 g/mol. The lowest BCUT2D eigenvalue weighted by Crippen LogP contribution is -2.22. The fourth-order valence-electron chi connectivity index (χ4n) is 4.24. The minimum absolute atomic E-state index is 0.0294. The predicted octanol–water partition coefficient (Wildman–Crippen LogP) is 6.60. The number of alkyl halides is 4. The SMILES string of the molecule is [2H]C([2H])(NC(=O)c1ccc2c(c1)cc(Cc1ccc(Cl)cc1C(F)(F)F)n2CCF)c1ccc(S(=O)(=O)CC)cc1. The van der Waals surface area contributed by atoms with Crippen molar-refractivity contribution in [3.8, 4) is 0 Å². The van der Waals surface area contributed by atoms with Crippen LogP contribution in [-0.2, 0) is 35.5 Å². The van der Waals surface area contributed by atoms with E-state index in [1.807, 2.05) is 0 Å². The molecule has 0 saturated carbocycles. The largest absolute Gasteiger partial charge is 0.416 e. The first-order valence-corrected chi connectivity index (χ1v) is 13.9. The van der Waals surface area contributed by atoms with Gasteiger partial charge < -0.3 is 9.88 Å². The molecule has 4 aromatic rings. The summed E-state index contributed by atoms with van der Waals surface area (Å²) < 4.78 is 96.6. The van der Waals surface area contributed by atoms with Crippen molar-refractivity contribution in [1.29, 1.82) is 0 Å². The molecule has 1 heterocycles. The summed E-state index contributed by atoms with van der Waals surface area (Å²) in [5.41, 5.74) is 0.0334. The van der Waals surface area contributed by atoms with Crippen molar-refractivity contribution in [3.63, 3.8) is 0 Å². The van der Waals surface area contributed by atoms with Gasteiger partial charge in [0.1, 0.15) is 6.67 Å². The quantitative estimate of drug-likeness (QED) is 0.226. The Morgan fingerprint density at radius 2 is 1.77 bits per heavy atom. The molecule has 39 heavy (non-hydrogen) atoms. The minimum atomic E-state index is -4.65. The first-order chi connectivity index (χ1) is 19.2. The highest BCUT2D eigenvalue weighted by Crippen LogP contribution is 2.35. The third-order valence-corrected chi connectivity index (χ3v) is 8.21. The molecule has 0 unspecified atom stereocenters. The van der Waals surface area contributed by atoms with E-state index in [-0.39, 0.29) is 45.3 Å². The second-order valence-corrected chi connectivity index (χ2v) is 11.4. The lowest BCUT2D eigenvalue weighted by atomic mass is 10.0. The molecule has 0 atom stereocenters. The summed E-state index contributed by atoms with van der Waals surface area (Å²) >= 11 is 5.79. The van der Waals surface area contributed by atoms with E-state index in [2.05, 4.69) is 5.32 Å². The minimum Gasteiger partial charge on any atom is -0.348 e. The number of carbonyl (C=O) groups excluding carboxylic acids is 1. The summed E-state index contributed by atoms with van der Waals surface area (Å²) in [5, 5.41) is 2.67. The Morgan fingerprint density at radius 3 is 2.41 bits per heavy atom. The van der Waals surface area contributed by atoms with E-state index in [9.17, 15) is 30.8 Å². The summed E-state index contributed by atoms with van der Waals surface area (Å²) in [6.07, 6.45) is -4.82. The number of carbonyl (C=O) groups is 1. The van der Waals surface area contributed by atoms with Crippen LogP contribution in [0.2, 0.25) is 5.02 Å². The van der Waals surface area contributed by atoms with E-state index >= 15 is 0 Å². The molecule has 0 bridgehead atoms. The second kappa shape index (κ2) is 11.4. The number of sulfone groups is 1. The van der Waals surface area contributed by atoms with E-state index in [4.69, 9.17) is 14.3 Å². The van der Waals surface area contributed by atoms with Gasteiger partial charge in [0.25, 0.3) is 5.91 Å². The van der Waals surface area contributed by atoms with Gasteiger partial charge in [-0.3, -0.25) is 4.79 Å². The van der Waals surface area contributed by atoms with Gasteiger partial charge in [0.15, 0.2) is 9.84 Å².